The predicted molar refractivity (Wildman–Crippen MR) is 148 cm³/mol. The minimum Gasteiger partial charge on any atom is -0.330 e. The molecule has 0 saturated heterocycles. The van der Waals surface area contributed by atoms with Crippen LogP contribution in [0.4, 0.5) is 0 Å². The second kappa shape index (κ2) is 6.43. The molecular weight excluding hydrogens is 424 g/mol. The highest BCUT2D eigenvalue weighted by Crippen LogP contribution is 2.49. The molecule has 2 nitrogen and oxygen atoms in total. The molecule has 3 heterocycles. The number of para-hydroxylation sites is 3. The summed E-state index contributed by atoms with van der Waals surface area (Å²) in [4.78, 5) is 0. The van der Waals surface area contributed by atoms with E-state index in [1.807, 2.05) is 0 Å². The molecule has 0 atom stereocenters. The Labute approximate surface area is 203 Å². The third kappa shape index (κ3) is 2.29. The predicted octanol–water partition coefficient (Wildman–Crippen LogP) is 8.66. The Morgan fingerprint density at radius 1 is 0.514 bits per heavy atom. The number of aromatic nitrogens is 2. The Hall–Kier alpha value is -4.30. The molecule has 0 radical (unpaired) electrons. The molecule has 0 aliphatic carbocycles. The maximum absolute atomic E-state index is 2.59. The van der Waals surface area contributed by atoms with Gasteiger partial charge in [0, 0.05) is 32.8 Å². The van der Waals surface area contributed by atoms with E-state index >= 15 is 0 Å². The molecule has 0 amide bonds. The molecular formula is C33H24N2. The summed E-state index contributed by atoms with van der Waals surface area (Å²) in [6.45, 7) is 4.72. The lowest BCUT2D eigenvalue weighted by molar-refractivity contribution is 0.462. The van der Waals surface area contributed by atoms with E-state index in [1.54, 1.807) is 0 Å². The van der Waals surface area contributed by atoms with Crippen LogP contribution >= 0.6 is 0 Å². The molecule has 1 aliphatic heterocycles. The summed E-state index contributed by atoms with van der Waals surface area (Å²) in [7, 11) is 0. The highest BCUT2D eigenvalue weighted by molar-refractivity contribution is 6.20. The van der Waals surface area contributed by atoms with Gasteiger partial charge in [0.05, 0.1) is 27.6 Å². The van der Waals surface area contributed by atoms with Crippen LogP contribution in [0, 0.1) is 0 Å². The molecule has 166 valence electrons. The van der Waals surface area contributed by atoms with E-state index in [9.17, 15) is 0 Å². The van der Waals surface area contributed by atoms with Crippen molar-refractivity contribution in [2.45, 2.75) is 19.4 Å². The molecule has 0 bridgehead atoms. The first-order valence-electron chi connectivity index (χ1n) is 12.3. The Morgan fingerprint density at radius 3 is 2.06 bits per heavy atom. The number of rotatable bonds is 1. The SMILES string of the molecule is CC1(C)c2ccccc2-c2cccc3c4cc5c(cc4n1c23)c1ccccc1n5-c1ccccc1. The van der Waals surface area contributed by atoms with E-state index in [-0.39, 0.29) is 5.54 Å². The van der Waals surface area contributed by atoms with Crippen LogP contribution in [0.15, 0.2) is 109 Å². The molecule has 5 aromatic carbocycles. The van der Waals surface area contributed by atoms with Crippen LogP contribution < -0.4 is 0 Å². The maximum Gasteiger partial charge on any atom is 0.0653 e. The summed E-state index contributed by atoms with van der Waals surface area (Å²) in [5.74, 6) is 0. The van der Waals surface area contributed by atoms with Gasteiger partial charge in [0.25, 0.3) is 0 Å². The molecule has 35 heavy (non-hydrogen) atoms. The highest BCUT2D eigenvalue weighted by Gasteiger charge is 2.35. The number of hydrogen-bond donors (Lipinski definition) is 0. The molecule has 0 unspecified atom stereocenters. The summed E-state index contributed by atoms with van der Waals surface area (Å²) in [5.41, 5.74) is 10.2. The first kappa shape index (κ1) is 19.1. The minimum atomic E-state index is -0.156. The van der Waals surface area contributed by atoms with Gasteiger partial charge in [-0.05, 0) is 55.3 Å². The van der Waals surface area contributed by atoms with Gasteiger partial charge in [0.2, 0.25) is 0 Å². The quantitative estimate of drug-likeness (QED) is 0.238. The van der Waals surface area contributed by atoms with Gasteiger partial charge in [-0.15, -0.1) is 0 Å². The molecule has 2 heteroatoms. The average molecular weight is 449 g/mol. The van der Waals surface area contributed by atoms with Gasteiger partial charge in [0.1, 0.15) is 0 Å². The van der Waals surface area contributed by atoms with Gasteiger partial charge in [-0.1, -0.05) is 78.9 Å². The third-order valence-electron chi connectivity index (χ3n) is 8.03. The van der Waals surface area contributed by atoms with E-state index in [4.69, 9.17) is 0 Å². The monoisotopic (exact) mass is 448 g/mol. The zero-order chi connectivity index (χ0) is 23.3. The van der Waals surface area contributed by atoms with Crippen LogP contribution in [0.1, 0.15) is 19.4 Å². The number of fused-ring (bicyclic) bond motifs is 8. The maximum atomic E-state index is 2.59. The van der Waals surface area contributed by atoms with E-state index < -0.39 is 0 Å². The Kier molecular flexibility index (Phi) is 3.50. The summed E-state index contributed by atoms with van der Waals surface area (Å²) in [5, 5.41) is 5.23. The van der Waals surface area contributed by atoms with Gasteiger partial charge in [-0.2, -0.15) is 0 Å². The van der Waals surface area contributed by atoms with Gasteiger partial charge < -0.3 is 9.13 Å². The fourth-order valence-corrected chi connectivity index (χ4v) is 6.55. The lowest BCUT2D eigenvalue weighted by Gasteiger charge is -2.36. The van der Waals surface area contributed by atoms with Crippen LogP contribution in [-0.4, -0.2) is 9.13 Å². The second-order valence-electron chi connectivity index (χ2n) is 10.2. The van der Waals surface area contributed by atoms with Gasteiger partial charge >= 0.3 is 0 Å². The molecule has 7 aromatic rings. The fourth-order valence-electron chi connectivity index (χ4n) is 6.55. The highest BCUT2D eigenvalue weighted by atomic mass is 15.1. The zero-order valence-electron chi connectivity index (χ0n) is 19.8. The van der Waals surface area contributed by atoms with Crippen molar-refractivity contribution in [2.24, 2.45) is 0 Å². The van der Waals surface area contributed by atoms with Gasteiger partial charge in [0.15, 0.2) is 0 Å². The number of hydrogen-bond acceptors (Lipinski definition) is 0. The van der Waals surface area contributed by atoms with Crippen LogP contribution in [-0.2, 0) is 5.54 Å². The summed E-state index contributed by atoms with van der Waals surface area (Å²) < 4.78 is 5.00. The zero-order valence-corrected chi connectivity index (χ0v) is 19.8. The smallest absolute Gasteiger partial charge is 0.0653 e. The average Bonchev–Trinajstić information content (AvgIpc) is 3.40. The van der Waals surface area contributed by atoms with Crippen LogP contribution in [0.2, 0.25) is 0 Å². The normalized spacial score (nSPS) is 14.2. The van der Waals surface area contributed by atoms with Crippen molar-refractivity contribution in [3.05, 3.63) is 115 Å². The molecule has 0 N–H and O–H groups in total. The van der Waals surface area contributed by atoms with E-state index in [1.165, 1.54) is 66.0 Å². The largest absolute Gasteiger partial charge is 0.330 e. The van der Waals surface area contributed by atoms with Crippen molar-refractivity contribution in [3.8, 4) is 16.8 Å². The molecule has 0 spiro atoms. The Balaban J connectivity index is 1.61. The van der Waals surface area contributed by atoms with E-state index in [0.29, 0.717) is 0 Å². The summed E-state index contributed by atoms with van der Waals surface area (Å²) >= 11 is 0. The van der Waals surface area contributed by atoms with Crippen molar-refractivity contribution >= 4 is 43.6 Å². The first-order valence-corrected chi connectivity index (χ1v) is 12.3. The van der Waals surface area contributed by atoms with Crippen molar-refractivity contribution in [3.63, 3.8) is 0 Å². The van der Waals surface area contributed by atoms with Crippen molar-refractivity contribution in [1.29, 1.82) is 0 Å². The van der Waals surface area contributed by atoms with Crippen LogP contribution in [0.25, 0.3) is 60.4 Å². The van der Waals surface area contributed by atoms with Crippen LogP contribution in [0.3, 0.4) is 0 Å². The van der Waals surface area contributed by atoms with E-state index in [0.717, 1.165) is 0 Å². The van der Waals surface area contributed by atoms with Gasteiger partial charge in [-0.25, -0.2) is 0 Å². The molecule has 2 aromatic heterocycles. The van der Waals surface area contributed by atoms with Crippen LogP contribution in [0.5, 0.6) is 0 Å². The second-order valence-corrected chi connectivity index (χ2v) is 10.2. The summed E-state index contributed by atoms with van der Waals surface area (Å²) in [6.07, 6.45) is 0. The third-order valence-corrected chi connectivity index (χ3v) is 8.03. The molecule has 1 aliphatic rings. The molecule has 0 saturated carbocycles. The van der Waals surface area contributed by atoms with Crippen molar-refractivity contribution in [2.75, 3.05) is 0 Å². The van der Waals surface area contributed by atoms with Gasteiger partial charge in [-0.3, -0.25) is 0 Å². The number of benzene rings is 5. The topological polar surface area (TPSA) is 9.86 Å². The number of nitrogens with zero attached hydrogens (tertiary/aromatic N) is 2. The molecule has 0 fully saturated rings. The lowest BCUT2D eigenvalue weighted by atomic mass is 9.83. The molecule has 8 rings (SSSR count). The Bertz CT molecular complexity index is 1970. The Morgan fingerprint density at radius 2 is 1.17 bits per heavy atom. The van der Waals surface area contributed by atoms with Crippen molar-refractivity contribution in [1.82, 2.24) is 9.13 Å². The van der Waals surface area contributed by atoms with E-state index in [2.05, 4.69) is 132 Å². The minimum absolute atomic E-state index is 0.156. The lowest BCUT2D eigenvalue weighted by Crippen LogP contribution is -2.30. The summed E-state index contributed by atoms with van der Waals surface area (Å²) in [6, 6.07) is 40.1. The van der Waals surface area contributed by atoms with Crippen molar-refractivity contribution < 1.29 is 0 Å². The first-order chi connectivity index (χ1) is 17.1. The fraction of sp³-hybridized carbons (Fsp3) is 0.0909. The standard InChI is InChI=1S/C33H24N2/c1-33(2)28-17-8-6-13-22(28)24-15-10-16-25-27-19-30-26(20-31(27)35(33)32(24)25)23-14-7-9-18-29(23)34(30)21-11-4-3-5-12-21/h3-20H,1-2H3.